The van der Waals surface area contributed by atoms with E-state index in [9.17, 15) is 0 Å². The Bertz CT molecular complexity index is 610. The summed E-state index contributed by atoms with van der Waals surface area (Å²) in [4.78, 5) is 11.6. The van der Waals surface area contributed by atoms with Crippen molar-refractivity contribution in [2.24, 2.45) is 0 Å². The van der Waals surface area contributed by atoms with Crippen LogP contribution in [0.2, 0.25) is 0 Å². The maximum atomic E-state index is 5.12. The summed E-state index contributed by atoms with van der Waals surface area (Å²) in [6.07, 6.45) is 3.31. The summed E-state index contributed by atoms with van der Waals surface area (Å²) < 4.78 is 5.12. The quantitative estimate of drug-likeness (QED) is 0.727. The van der Waals surface area contributed by atoms with Crippen molar-refractivity contribution in [3.63, 3.8) is 0 Å². The monoisotopic (exact) mass is 224 g/mol. The lowest BCUT2D eigenvalue weighted by atomic mass is 10.1. The molecule has 3 rings (SSSR count). The molecule has 4 heteroatoms. The van der Waals surface area contributed by atoms with Gasteiger partial charge in [0, 0.05) is 18.5 Å². The van der Waals surface area contributed by atoms with E-state index in [0.717, 1.165) is 28.2 Å². The number of H-pyrrole nitrogens is 1. The van der Waals surface area contributed by atoms with Crippen LogP contribution in [0.3, 0.4) is 0 Å². The topological polar surface area (TPSA) is 50.8 Å². The highest BCUT2D eigenvalue weighted by molar-refractivity contribution is 5.78. The second-order valence-corrected chi connectivity index (χ2v) is 3.61. The van der Waals surface area contributed by atoms with E-state index in [4.69, 9.17) is 4.74 Å². The fourth-order valence-corrected chi connectivity index (χ4v) is 1.69. The number of nitrogens with zero attached hydrogens (tertiary/aromatic N) is 2. The van der Waals surface area contributed by atoms with Crippen LogP contribution in [0, 0.1) is 6.07 Å². The number of aromatic amines is 1. The van der Waals surface area contributed by atoms with Gasteiger partial charge in [-0.25, -0.2) is 4.98 Å². The van der Waals surface area contributed by atoms with Crippen LogP contribution in [0.5, 0.6) is 5.75 Å². The Morgan fingerprint density at radius 1 is 1.12 bits per heavy atom. The molecule has 0 spiro atoms. The molecule has 1 aromatic carbocycles. The van der Waals surface area contributed by atoms with Crippen molar-refractivity contribution in [2.45, 2.75) is 0 Å². The fourth-order valence-electron chi connectivity index (χ4n) is 1.69. The zero-order chi connectivity index (χ0) is 11.7. The number of aromatic nitrogens is 3. The third-order valence-electron chi connectivity index (χ3n) is 2.56. The van der Waals surface area contributed by atoms with Crippen LogP contribution >= 0.6 is 0 Å². The molecule has 0 aliphatic rings. The molecule has 0 aliphatic heterocycles. The minimum absolute atomic E-state index is 0.748. The lowest BCUT2D eigenvalue weighted by molar-refractivity contribution is 0.415. The number of hydrogen-bond donors (Lipinski definition) is 1. The Kier molecular flexibility index (Phi) is 2.26. The normalized spacial score (nSPS) is 10.6. The van der Waals surface area contributed by atoms with Gasteiger partial charge in [-0.05, 0) is 29.8 Å². The molecule has 0 aliphatic carbocycles. The van der Waals surface area contributed by atoms with Gasteiger partial charge in [-0.3, -0.25) is 4.98 Å². The van der Waals surface area contributed by atoms with Crippen molar-refractivity contribution >= 4 is 11.2 Å². The zero-order valence-electron chi connectivity index (χ0n) is 9.27. The number of benzene rings is 1. The van der Waals surface area contributed by atoms with Gasteiger partial charge < -0.3 is 9.72 Å². The minimum atomic E-state index is 0.748. The Morgan fingerprint density at radius 2 is 1.88 bits per heavy atom. The third kappa shape index (κ3) is 1.73. The van der Waals surface area contributed by atoms with Gasteiger partial charge in [0.15, 0.2) is 5.65 Å². The van der Waals surface area contributed by atoms with Gasteiger partial charge >= 0.3 is 0 Å². The molecular weight excluding hydrogens is 214 g/mol. The molecule has 3 aromatic rings. The predicted molar refractivity (Wildman–Crippen MR) is 64.7 cm³/mol. The smallest absolute Gasteiger partial charge is 0.157 e. The number of fused-ring (bicyclic) bond motifs is 1. The lowest BCUT2D eigenvalue weighted by Gasteiger charge is -2.00. The summed E-state index contributed by atoms with van der Waals surface area (Å²) in [6, 6.07) is 10.9. The van der Waals surface area contributed by atoms with E-state index in [2.05, 4.69) is 21.0 Å². The molecule has 4 nitrogen and oxygen atoms in total. The number of rotatable bonds is 2. The first kappa shape index (κ1) is 9.84. The van der Waals surface area contributed by atoms with Crippen LogP contribution in [0.1, 0.15) is 0 Å². The highest BCUT2D eigenvalue weighted by Crippen LogP contribution is 2.23. The first-order valence-corrected chi connectivity index (χ1v) is 5.23. The Morgan fingerprint density at radius 3 is 2.59 bits per heavy atom. The van der Waals surface area contributed by atoms with Crippen LogP contribution in [-0.2, 0) is 0 Å². The average Bonchev–Trinajstić information content (AvgIpc) is 2.82. The maximum Gasteiger partial charge on any atom is 0.157 e. The molecule has 0 unspecified atom stereocenters. The van der Waals surface area contributed by atoms with Crippen molar-refractivity contribution in [3.05, 3.63) is 42.7 Å². The van der Waals surface area contributed by atoms with Crippen molar-refractivity contribution < 1.29 is 4.74 Å². The number of hydrogen-bond acceptors (Lipinski definition) is 3. The highest BCUT2D eigenvalue weighted by atomic mass is 16.5. The first-order chi connectivity index (χ1) is 8.36. The van der Waals surface area contributed by atoms with Crippen LogP contribution in [0.15, 0.2) is 36.7 Å². The standard InChI is InChI=1S/C13H10N3O/c1-17-10-4-2-9(3-5-10)11-8-12-13(16-11)15-7-6-14-12/h2-7H,1H3,(H,15,16). The van der Waals surface area contributed by atoms with E-state index < -0.39 is 0 Å². The molecule has 0 atom stereocenters. The van der Waals surface area contributed by atoms with E-state index in [1.165, 1.54) is 0 Å². The molecule has 1 N–H and O–H groups in total. The van der Waals surface area contributed by atoms with Crippen LogP contribution in [0.4, 0.5) is 0 Å². The van der Waals surface area contributed by atoms with Gasteiger partial charge in [0.25, 0.3) is 0 Å². The largest absolute Gasteiger partial charge is 0.497 e. The Balaban J connectivity index is 2.07. The average molecular weight is 224 g/mol. The number of methoxy groups -OCH3 is 1. The molecule has 0 saturated heterocycles. The third-order valence-corrected chi connectivity index (χ3v) is 2.56. The van der Waals surface area contributed by atoms with Crippen molar-refractivity contribution in [3.8, 4) is 17.0 Å². The van der Waals surface area contributed by atoms with Gasteiger partial charge in [0.05, 0.1) is 12.8 Å². The molecule has 2 aromatic heterocycles. The van der Waals surface area contributed by atoms with Crippen LogP contribution in [0.25, 0.3) is 22.4 Å². The Labute approximate surface area is 98.3 Å². The summed E-state index contributed by atoms with van der Waals surface area (Å²) in [5.41, 5.74) is 3.41. The SMILES string of the molecule is COc1ccc(-c2[c]c3nccnc3[nH]2)cc1. The van der Waals surface area contributed by atoms with Gasteiger partial charge in [0.1, 0.15) is 11.3 Å². The first-order valence-electron chi connectivity index (χ1n) is 5.23. The van der Waals surface area contributed by atoms with Crippen molar-refractivity contribution in [2.75, 3.05) is 7.11 Å². The Hall–Kier alpha value is -2.36. The summed E-state index contributed by atoms with van der Waals surface area (Å²) in [6.45, 7) is 0. The second-order valence-electron chi connectivity index (χ2n) is 3.61. The van der Waals surface area contributed by atoms with Gasteiger partial charge in [-0.1, -0.05) is 0 Å². The number of ether oxygens (including phenoxy) is 1. The molecule has 0 amide bonds. The molecule has 83 valence electrons. The summed E-state index contributed by atoms with van der Waals surface area (Å²) in [7, 11) is 1.65. The molecule has 0 bridgehead atoms. The summed E-state index contributed by atoms with van der Waals surface area (Å²) >= 11 is 0. The summed E-state index contributed by atoms with van der Waals surface area (Å²) in [5.74, 6) is 0.834. The van der Waals surface area contributed by atoms with Gasteiger partial charge in [-0.15, -0.1) is 0 Å². The molecule has 0 fully saturated rings. The van der Waals surface area contributed by atoms with Gasteiger partial charge in [0.2, 0.25) is 0 Å². The fraction of sp³-hybridized carbons (Fsp3) is 0.0769. The van der Waals surface area contributed by atoms with Crippen LogP contribution < -0.4 is 4.74 Å². The van der Waals surface area contributed by atoms with E-state index in [1.807, 2.05) is 24.3 Å². The predicted octanol–water partition coefficient (Wildman–Crippen LogP) is 2.43. The molecule has 0 saturated carbocycles. The van der Waals surface area contributed by atoms with Crippen LogP contribution in [-0.4, -0.2) is 22.1 Å². The van der Waals surface area contributed by atoms with E-state index in [-0.39, 0.29) is 0 Å². The minimum Gasteiger partial charge on any atom is -0.497 e. The molecular formula is C13H10N3O. The molecule has 1 radical (unpaired) electrons. The lowest BCUT2D eigenvalue weighted by Crippen LogP contribution is -1.82. The molecule has 17 heavy (non-hydrogen) atoms. The second kappa shape index (κ2) is 3.90. The number of nitrogens with one attached hydrogen (secondary N) is 1. The highest BCUT2D eigenvalue weighted by Gasteiger charge is 2.05. The van der Waals surface area contributed by atoms with Crippen molar-refractivity contribution in [1.29, 1.82) is 0 Å². The molecule has 2 heterocycles. The van der Waals surface area contributed by atoms with E-state index in [1.54, 1.807) is 19.5 Å². The summed E-state index contributed by atoms with van der Waals surface area (Å²) in [5, 5.41) is 0. The van der Waals surface area contributed by atoms with Gasteiger partial charge in [-0.2, -0.15) is 0 Å². The zero-order valence-corrected chi connectivity index (χ0v) is 9.27. The van der Waals surface area contributed by atoms with E-state index in [0.29, 0.717) is 0 Å². The maximum absolute atomic E-state index is 5.12. The van der Waals surface area contributed by atoms with Crippen molar-refractivity contribution in [1.82, 2.24) is 15.0 Å². The van der Waals surface area contributed by atoms with E-state index >= 15 is 0 Å².